The Morgan fingerprint density at radius 3 is 2.94 bits per heavy atom. The van der Waals surface area contributed by atoms with Crippen molar-refractivity contribution >= 4 is 29.1 Å². The first kappa shape index (κ1) is 10.6. The highest BCUT2D eigenvalue weighted by Gasteiger charge is 2.44. The van der Waals surface area contributed by atoms with Gasteiger partial charge >= 0.3 is 0 Å². The molecule has 2 amide bonds. The molecule has 88 valence electrons. The second-order valence-electron chi connectivity index (χ2n) is 4.43. The largest absolute Gasteiger partial charge is 0.343 e. The number of carbonyl (C=O) groups excluding carboxylic acids is 2. The van der Waals surface area contributed by atoms with Gasteiger partial charge in [-0.3, -0.25) is 14.5 Å². The molecule has 4 nitrogen and oxygen atoms in total. The van der Waals surface area contributed by atoms with Gasteiger partial charge in [-0.15, -0.1) is 0 Å². The van der Waals surface area contributed by atoms with E-state index < -0.39 is 12.1 Å². The number of carbonyl (C=O) groups is 2. The molecule has 0 aromatic heterocycles. The van der Waals surface area contributed by atoms with E-state index in [1.54, 1.807) is 24.0 Å². The average Bonchev–Trinajstić information content (AvgIpc) is 2.65. The molecule has 0 unspecified atom stereocenters. The molecule has 2 aliphatic heterocycles. The highest BCUT2D eigenvalue weighted by Crippen LogP contribution is 2.36. The van der Waals surface area contributed by atoms with Crippen LogP contribution in [0.2, 0.25) is 5.02 Å². The predicted octanol–water partition coefficient (Wildman–Crippen LogP) is 1.12. The molecule has 17 heavy (non-hydrogen) atoms. The maximum Gasteiger partial charge on any atom is 0.250 e. The van der Waals surface area contributed by atoms with E-state index in [1.807, 2.05) is 6.07 Å². The molecular formula is C12H11ClN2O2. The van der Waals surface area contributed by atoms with Crippen LogP contribution in [0.1, 0.15) is 12.5 Å². The van der Waals surface area contributed by atoms with Gasteiger partial charge in [-0.2, -0.15) is 0 Å². The van der Waals surface area contributed by atoms with Crippen LogP contribution >= 0.6 is 11.6 Å². The summed E-state index contributed by atoms with van der Waals surface area (Å²) < 4.78 is 0. The minimum Gasteiger partial charge on any atom is -0.343 e. The Balaban J connectivity index is 2.11. The van der Waals surface area contributed by atoms with Crippen molar-refractivity contribution in [2.24, 2.45) is 0 Å². The van der Waals surface area contributed by atoms with Crippen LogP contribution in [-0.2, 0) is 16.0 Å². The number of piperazine rings is 1. The molecule has 1 aromatic rings. The number of amides is 2. The van der Waals surface area contributed by atoms with E-state index in [4.69, 9.17) is 11.6 Å². The Morgan fingerprint density at radius 2 is 2.18 bits per heavy atom. The fraction of sp³-hybridized carbons (Fsp3) is 0.333. The fourth-order valence-electron chi connectivity index (χ4n) is 2.46. The van der Waals surface area contributed by atoms with E-state index in [0.717, 1.165) is 11.3 Å². The van der Waals surface area contributed by atoms with Crippen LogP contribution in [0, 0.1) is 0 Å². The molecule has 0 spiro atoms. The van der Waals surface area contributed by atoms with Crippen LogP contribution in [0.15, 0.2) is 18.2 Å². The molecule has 1 aromatic carbocycles. The van der Waals surface area contributed by atoms with Crippen molar-refractivity contribution in [1.29, 1.82) is 0 Å². The lowest BCUT2D eigenvalue weighted by atomic mass is 10.1. The third-order valence-electron chi connectivity index (χ3n) is 3.30. The first-order chi connectivity index (χ1) is 8.08. The SMILES string of the molecule is C[C@H]1NC(=O)[C@@H]2Cc3ccc(Cl)cc3N2C1=O. The van der Waals surface area contributed by atoms with Crippen molar-refractivity contribution in [3.05, 3.63) is 28.8 Å². The monoisotopic (exact) mass is 250 g/mol. The number of nitrogens with one attached hydrogen (secondary N) is 1. The number of benzene rings is 1. The van der Waals surface area contributed by atoms with Crippen molar-refractivity contribution in [1.82, 2.24) is 5.32 Å². The summed E-state index contributed by atoms with van der Waals surface area (Å²) in [5.41, 5.74) is 1.77. The van der Waals surface area contributed by atoms with E-state index >= 15 is 0 Å². The number of nitrogens with zero attached hydrogens (tertiary/aromatic N) is 1. The molecular weight excluding hydrogens is 240 g/mol. The minimum atomic E-state index is -0.469. The second kappa shape index (κ2) is 3.47. The van der Waals surface area contributed by atoms with Crippen LogP contribution in [0.25, 0.3) is 0 Å². The van der Waals surface area contributed by atoms with Crippen molar-refractivity contribution in [3.63, 3.8) is 0 Å². The van der Waals surface area contributed by atoms with Gasteiger partial charge in [0.15, 0.2) is 0 Å². The second-order valence-corrected chi connectivity index (χ2v) is 4.87. The molecule has 1 N–H and O–H groups in total. The number of anilines is 1. The molecule has 0 saturated carbocycles. The maximum atomic E-state index is 12.1. The highest BCUT2D eigenvalue weighted by molar-refractivity contribution is 6.31. The summed E-state index contributed by atoms with van der Waals surface area (Å²) in [7, 11) is 0. The summed E-state index contributed by atoms with van der Waals surface area (Å²) in [6, 6.07) is 4.53. The third kappa shape index (κ3) is 1.44. The summed E-state index contributed by atoms with van der Waals surface area (Å²) in [6.45, 7) is 1.69. The lowest BCUT2D eigenvalue weighted by Gasteiger charge is -2.33. The van der Waals surface area contributed by atoms with Gasteiger partial charge in [0.25, 0.3) is 0 Å². The van der Waals surface area contributed by atoms with Gasteiger partial charge in [-0.05, 0) is 24.6 Å². The number of rotatable bonds is 0. The molecule has 3 rings (SSSR count). The van der Waals surface area contributed by atoms with Crippen molar-refractivity contribution in [2.75, 3.05) is 4.90 Å². The molecule has 0 aliphatic carbocycles. The smallest absolute Gasteiger partial charge is 0.250 e. The summed E-state index contributed by atoms with van der Waals surface area (Å²) in [6.07, 6.45) is 0.566. The Labute approximate surface area is 104 Å². The van der Waals surface area contributed by atoms with E-state index in [-0.39, 0.29) is 11.8 Å². The number of hydrogen-bond acceptors (Lipinski definition) is 2. The van der Waals surface area contributed by atoms with E-state index in [9.17, 15) is 9.59 Å². The molecule has 0 bridgehead atoms. The van der Waals surface area contributed by atoms with Crippen LogP contribution in [0.4, 0.5) is 5.69 Å². The molecule has 2 heterocycles. The zero-order chi connectivity index (χ0) is 12.2. The number of halogens is 1. The maximum absolute atomic E-state index is 12.1. The van der Waals surface area contributed by atoms with Crippen molar-refractivity contribution in [3.8, 4) is 0 Å². The number of fused-ring (bicyclic) bond motifs is 3. The summed E-state index contributed by atoms with van der Waals surface area (Å²) in [4.78, 5) is 25.5. The Kier molecular flexibility index (Phi) is 2.16. The van der Waals surface area contributed by atoms with Gasteiger partial charge < -0.3 is 5.32 Å². The summed E-state index contributed by atoms with van der Waals surface area (Å²) in [5, 5.41) is 3.27. The van der Waals surface area contributed by atoms with E-state index in [1.165, 1.54) is 0 Å². The standard InChI is InChI=1S/C12H11ClN2O2/c1-6-12(17)15-9-5-8(13)3-2-7(9)4-10(15)11(16)14-6/h2-3,5-6,10H,4H2,1H3,(H,14,16)/t6-,10+/m1/s1. The molecule has 2 aliphatic rings. The van der Waals surface area contributed by atoms with Crippen molar-refractivity contribution < 1.29 is 9.59 Å². The lowest BCUT2D eigenvalue weighted by molar-refractivity contribution is -0.133. The molecule has 1 fully saturated rings. The van der Waals surface area contributed by atoms with Gasteiger partial charge in [-0.25, -0.2) is 0 Å². The third-order valence-corrected chi connectivity index (χ3v) is 3.54. The average molecular weight is 251 g/mol. The molecule has 1 saturated heterocycles. The highest BCUT2D eigenvalue weighted by atomic mass is 35.5. The summed E-state index contributed by atoms with van der Waals surface area (Å²) >= 11 is 5.94. The first-order valence-corrected chi connectivity index (χ1v) is 5.87. The lowest BCUT2D eigenvalue weighted by Crippen LogP contribution is -2.61. The van der Waals surface area contributed by atoms with Crippen LogP contribution in [-0.4, -0.2) is 23.9 Å². The number of hydrogen-bond donors (Lipinski definition) is 1. The molecule has 2 atom stereocenters. The predicted molar refractivity (Wildman–Crippen MR) is 64.0 cm³/mol. The van der Waals surface area contributed by atoms with Gasteiger partial charge in [0.1, 0.15) is 12.1 Å². The van der Waals surface area contributed by atoms with E-state index in [2.05, 4.69) is 5.32 Å². The van der Waals surface area contributed by atoms with Gasteiger partial charge in [0, 0.05) is 17.1 Å². The van der Waals surface area contributed by atoms with Gasteiger partial charge in [0.05, 0.1) is 0 Å². The minimum absolute atomic E-state index is 0.0735. The molecule has 5 heteroatoms. The topological polar surface area (TPSA) is 49.4 Å². The quantitative estimate of drug-likeness (QED) is 0.750. The molecule has 0 radical (unpaired) electrons. The Morgan fingerprint density at radius 1 is 1.41 bits per heavy atom. The zero-order valence-electron chi connectivity index (χ0n) is 9.24. The van der Waals surface area contributed by atoms with Crippen LogP contribution < -0.4 is 10.2 Å². The van der Waals surface area contributed by atoms with Gasteiger partial charge in [0.2, 0.25) is 11.8 Å². The normalized spacial score (nSPS) is 26.6. The van der Waals surface area contributed by atoms with Crippen molar-refractivity contribution in [2.45, 2.75) is 25.4 Å². The fourth-order valence-corrected chi connectivity index (χ4v) is 2.63. The summed E-state index contributed by atoms with van der Waals surface area (Å²) in [5.74, 6) is -0.167. The Hall–Kier alpha value is -1.55. The van der Waals surface area contributed by atoms with Gasteiger partial charge in [-0.1, -0.05) is 17.7 Å². The van der Waals surface area contributed by atoms with E-state index in [0.29, 0.717) is 11.4 Å². The van der Waals surface area contributed by atoms with Crippen LogP contribution in [0.5, 0.6) is 0 Å². The van der Waals surface area contributed by atoms with Crippen LogP contribution in [0.3, 0.4) is 0 Å². The zero-order valence-corrected chi connectivity index (χ0v) is 9.99. The Bertz CT molecular complexity index is 529. The first-order valence-electron chi connectivity index (χ1n) is 5.50.